The normalized spacial score (nSPS) is 10.9. The Balaban J connectivity index is 2.72. The predicted molar refractivity (Wildman–Crippen MR) is 97.3 cm³/mol. The van der Waals surface area contributed by atoms with E-state index in [0.29, 0.717) is 11.6 Å². The minimum absolute atomic E-state index is 0.0683. The van der Waals surface area contributed by atoms with Crippen LogP contribution in [0.5, 0.6) is 0 Å². The van der Waals surface area contributed by atoms with E-state index in [0.717, 1.165) is 4.90 Å². The molecule has 0 radical (unpaired) electrons. The maximum atomic E-state index is 12.2. The second-order valence-corrected chi connectivity index (χ2v) is 12.7. The number of nitro groups is 1. The van der Waals surface area contributed by atoms with E-state index < -0.39 is 37.3 Å². The van der Waals surface area contributed by atoms with Crippen LogP contribution in [0.3, 0.4) is 0 Å². The highest BCUT2D eigenvalue weighted by atomic mass is 28.3. The SMILES string of the molecule is C[Si](C)(C)CCN(CC(=O)O)C(=O)C(=O)NCc1cccc([N+](=O)[O-])c1. The molecule has 1 aromatic carbocycles. The summed E-state index contributed by atoms with van der Waals surface area (Å²) in [5, 5.41) is 22.1. The third kappa shape index (κ3) is 7.43. The topological polar surface area (TPSA) is 130 Å². The van der Waals surface area contributed by atoms with Gasteiger partial charge in [0.1, 0.15) is 6.54 Å². The van der Waals surface area contributed by atoms with Crippen LogP contribution in [0.4, 0.5) is 5.69 Å². The Hall–Kier alpha value is -2.75. The molecule has 2 amide bonds. The van der Waals surface area contributed by atoms with Gasteiger partial charge in [-0.05, 0) is 11.6 Å². The van der Waals surface area contributed by atoms with E-state index in [9.17, 15) is 24.5 Å². The standard InChI is InChI=1S/C16H23N3O6Si/c1-26(2,3)8-7-18(11-14(20)21)16(23)15(22)17-10-12-5-4-6-13(9-12)19(24)25/h4-6,9H,7-8,10-11H2,1-3H3,(H,17,22)(H,20,21). The lowest BCUT2D eigenvalue weighted by molar-refractivity contribution is -0.384. The first-order valence-electron chi connectivity index (χ1n) is 8.02. The summed E-state index contributed by atoms with van der Waals surface area (Å²) in [6, 6.07) is 6.35. The minimum Gasteiger partial charge on any atom is -0.480 e. The Morgan fingerprint density at radius 3 is 2.46 bits per heavy atom. The average Bonchev–Trinajstić information content (AvgIpc) is 2.54. The molecular formula is C16H23N3O6Si. The van der Waals surface area contributed by atoms with Gasteiger partial charge in [-0.25, -0.2) is 0 Å². The Bertz CT molecular complexity index is 701. The van der Waals surface area contributed by atoms with Crippen LogP contribution in [0, 0.1) is 10.1 Å². The lowest BCUT2D eigenvalue weighted by Crippen LogP contribution is -2.46. The van der Waals surface area contributed by atoms with Crippen molar-refractivity contribution < 1.29 is 24.4 Å². The van der Waals surface area contributed by atoms with Crippen LogP contribution in [-0.2, 0) is 20.9 Å². The number of aliphatic carboxylic acids is 1. The summed E-state index contributed by atoms with van der Waals surface area (Å²) >= 11 is 0. The van der Waals surface area contributed by atoms with Gasteiger partial charge in [-0.1, -0.05) is 31.8 Å². The van der Waals surface area contributed by atoms with Gasteiger partial charge in [-0.3, -0.25) is 24.5 Å². The van der Waals surface area contributed by atoms with Gasteiger partial charge in [0.2, 0.25) is 0 Å². The van der Waals surface area contributed by atoms with Crippen LogP contribution in [0.25, 0.3) is 0 Å². The van der Waals surface area contributed by atoms with E-state index in [1.807, 2.05) is 0 Å². The van der Waals surface area contributed by atoms with Crippen molar-refractivity contribution in [3.63, 3.8) is 0 Å². The summed E-state index contributed by atoms with van der Waals surface area (Å²) in [5.41, 5.74) is 0.345. The Morgan fingerprint density at radius 2 is 1.92 bits per heavy atom. The number of nitrogens with one attached hydrogen (secondary N) is 1. The number of carboxylic acids is 1. The van der Waals surface area contributed by atoms with Crippen LogP contribution in [-0.4, -0.2) is 53.9 Å². The van der Waals surface area contributed by atoms with Crippen molar-refractivity contribution in [3.05, 3.63) is 39.9 Å². The zero-order chi connectivity index (χ0) is 19.9. The zero-order valence-electron chi connectivity index (χ0n) is 15.0. The molecule has 0 aromatic heterocycles. The number of non-ortho nitro benzene ring substituents is 1. The van der Waals surface area contributed by atoms with Gasteiger partial charge >= 0.3 is 17.8 Å². The summed E-state index contributed by atoms with van der Waals surface area (Å²) in [5.74, 6) is -3.05. The average molecular weight is 381 g/mol. The Morgan fingerprint density at radius 1 is 1.27 bits per heavy atom. The molecule has 0 spiro atoms. The second kappa shape index (κ2) is 9.09. The van der Waals surface area contributed by atoms with Gasteiger partial charge in [0, 0.05) is 33.3 Å². The summed E-state index contributed by atoms with van der Waals surface area (Å²) in [7, 11) is -1.52. The summed E-state index contributed by atoms with van der Waals surface area (Å²) in [6.45, 7) is 5.83. The monoisotopic (exact) mass is 381 g/mol. The number of hydrogen-bond donors (Lipinski definition) is 2. The number of benzene rings is 1. The fourth-order valence-electron chi connectivity index (χ4n) is 2.07. The number of amides is 2. The molecular weight excluding hydrogens is 358 g/mol. The molecule has 10 heteroatoms. The quantitative estimate of drug-likeness (QED) is 0.303. The van der Waals surface area contributed by atoms with Gasteiger partial charge in [-0.15, -0.1) is 0 Å². The molecule has 0 heterocycles. The Labute approximate surface area is 152 Å². The van der Waals surface area contributed by atoms with E-state index in [1.165, 1.54) is 18.2 Å². The van der Waals surface area contributed by atoms with Crippen molar-refractivity contribution >= 4 is 31.5 Å². The maximum absolute atomic E-state index is 12.2. The number of rotatable bonds is 8. The predicted octanol–water partition coefficient (Wildman–Crippen LogP) is 1.46. The minimum atomic E-state index is -1.52. The largest absolute Gasteiger partial charge is 0.480 e. The van der Waals surface area contributed by atoms with Gasteiger partial charge in [-0.2, -0.15) is 0 Å². The highest BCUT2D eigenvalue weighted by Crippen LogP contribution is 2.13. The molecule has 0 saturated heterocycles. The van der Waals surface area contributed by atoms with Crippen LogP contribution in [0.2, 0.25) is 25.7 Å². The maximum Gasteiger partial charge on any atom is 0.323 e. The van der Waals surface area contributed by atoms with Crippen LogP contribution in [0.15, 0.2) is 24.3 Å². The molecule has 0 unspecified atom stereocenters. The molecule has 1 rings (SSSR count). The first kappa shape index (κ1) is 21.3. The fourth-order valence-corrected chi connectivity index (χ4v) is 3.01. The number of hydrogen-bond acceptors (Lipinski definition) is 5. The first-order valence-corrected chi connectivity index (χ1v) is 11.7. The molecule has 0 aliphatic rings. The van der Waals surface area contributed by atoms with E-state index in [-0.39, 0.29) is 18.8 Å². The van der Waals surface area contributed by atoms with Gasteiger partial charge < -0.3 is 15.3 Å². The number of carbonyl (C=O) groups excluding carboxylic acids is 2. The molecule has 0 atom stereocenters. The molecule has 142 valence electrons. The lowest BCUT2D eigenvalue weighted by Gasteiger charge is -2.24. The number of nitrogens with zero attached hydrogens (tertiary/aromatic N) is 2. The van der Waals surface area contributed by atoms with Crippen molar-refractivity contribution in [2.45, 2.75) is 32.2 Å². The molecule has 0 aliphatic carbocycles. The number of carboxylic acid groups (broad SMARTS) is 1. The van der Waals surface area contributed by atoms with E-state index in [2.05, 4.69) is 25.0 Å². The Kier molecular flexibility index (Phi) is 7.44. The van der Waals surface area contributed by atoms with Crippen LogP contribution in [0.1, 0.15) is 5.56 Å². The highest BCUT2D eigenvalue weighted by molar-refractivity contribution is 6.76. The number of carbonyl (C=O) groups is 3. The second-order valence-electron chi connectivity index (χ2n) is 7.04. The van der Waals surface area contributed by atoms with Gasteiger partial charge in [0.25, 0.3) is 5.69 Å². The van der Waals surface area contributed by atoms with Crippen molar-refractivity contribution in [2.24, 2.45) is 0 Å². The lowest BCUT2D eigenvalue weighted by atomic mass is 10.2. The first-order chi connectivity index (χ1) is 12.0. The van der Waals surface area contributed by atoms with Crippen molar-refractivity contribution in [3.8, 4) is 0 Å². The van der Waals surface area contributed by atoms with Crippen molar-refractivity contribution in [1.82, 2.24) is 10.2 Å². The fraction of sp³-hybridized carbons (Fsp3) is 0.438. The smallest absolute Gasteiger partial charge is 0.323 e. The molecule has 0 saturated carbocycles. The van der Waals surface area contributed by atoms with E-state index in [4.69, 9.17) is 5.11 Å². The molecule has 26 heavy (non-hydrogen) atoms. The molecule has 0 bridgehead atoms. The molecule has 9 nitrogen and oxygen atoms in total. The third-order valence-electron chi connectivity index (χ3n) is 3.51. The van der Waals surface area contributed by atoms with Gasteiger partial charge in [0.15, 0.2) is 0 Å². The summed E-state index contributed by atoms with van der Waals surface area (Å²) < 4.78 is 0. The zero-order valence-corrected chi connectivity index (χ0v) is 16.0. The van der Waals surface area contributed by atoms with Crippen molar-refractivity contribution in [2.75, 3.05) is 13.1 Å². The summed E-state index contributed by atoms with van der Waals surface area (Å²) in [4.78, 5) is 46.5. The van der Waals surface area contributed by atoms with E-state index in [1.54, 1.807) is 6.07 Å². The molecule has 0 aliphatic heterocycles. The van der Waals surface area contributed by atoms with Crippen LogP contribution < -0.4 is 5.32 Å². The highest BCUT2D eigenvalue weighted by Gasteiger charge is 2.25. The van der Waals surface area contributed by atoms with E-state index >= 15 is 0 Å². The van der Waals surface area contributed by atoms with Gasteiger partial charge in [0.05, 0.1) is 4.92 Å². The van der Waals surface area contributed by atoms with Crippen molar-refractivity contribution in [1.29, 1.82) is 0 Å². The molecule has 1 aromatic rings. The molecule has 2 N–H and O–H groups in total. The summed E-state index contributed by atoms with van der Waals surface area (Å²) in [6.07, 6.45) is 0. The molecule has 0 fully saturated rings. The number of nitro benzene ring substituents is 1. The van der Waals surface area contributed by atoms with Crippen LogP contribution >= 0.6 is 0 Å². The third-order valence-corrected chi connectivity index (χ3v) is 5.24.